The summed E-state index contributed by atoms with van der Waals surface area (Å²) >= 11 is 0. The highest BCUT2D eigenvalue weighted by atomic mass is 16.3. The molecule has 3 heterocycles. The molecule has 2 aromatic carbocycles. The molecule has 2 N–H and O–H groups in total. The lowest BCUT2D eigenvalue weighted by Gasteiger charge is -2.28. The standard InChI is InChI=1S/C27H28N4O2/c1-30(2)27(33)19-5-3-18(4-6-19)25-16-29-26-24(25)14-23(15-28-26)20-7-8-22-17-31(11-12-32)10-9-21(22)13-20/h3-8,13-16,32H,9-12,17H2,1-2H3,(H,28,29). The summed E-state index contributed by atoms with van der Waals surface area (Å²) in [6, 6.07) is 16.6. The molecule has 0 atom stereocenters. The molecule has 6 heteroatoms. The smallest absolute Gasteiger partial charge is 0.253 e. The third-order valence-electron chi connectivity index (χ3n) is 6.43. The molecule has 6 nitrogen and oxygen atoms in total. The summed E-state index contributed by atoms with van der Waals surface area (Å²) in [5.74, 6) is -0.00341. The summed E-state index contributed by atoms with van der Waals surface area (Å²) < 4.78 is 0. The number of hydrogen-bond acceptors (Lipinski definition) is 4. The summed E-state index contributed by atoms with van der Waals surface area (Å²) in [6.45, 7) is 2.79. The van der Waals surface area contributed by atoms with E-state index in [2.05, 4.69) is 39.1 Å². The molecule has 4 aromatic rings. The van der Waals surface area contributed by atoms with E-state index in [1.54, 1.807) is 19.0 Å². The van der Waals surface area contributed by atoms with Crippen molar-refractivity contribution in [3.05, 3.63) is 77.6 Å². The van der Waals surface area contributed by atoms with Gasteiger partial charge in [0.05, 0.1) is 6.61 Å². The van der Waals surface area contributed by atoms with Crippen molar-refractivity contribution >= 4 is 16.9 Å². The van der Waals surface area contributed by atoms with Crippen molar-refractivity contribution in [1.82, 2.24) is 19.8 Å². The molecule has 2 aromatic heterocycles. The minimum Gasteiger partial charge on any atom is -0.395 e. The number of carbonyl (C=O) groups is 1. The minimum atomic E-state index is -0.00341. The second-order valence-corrected chi connectivity index (χ2v) is 8.83. The lowest BCUT2D eigenvalue weighted by atomic mass is 9.94. The maximum Gasteiger partial charge on any atom is 0.253 e. The number of amides is 1. The van der Waals surface area contributed by atoms with Crippen LogP contribution < -0.4 is 0 Å². The van der Waals surface area contributed by atoms with Gasteiger partial charge in [0, 0.05) is 68.2 Å². The van der Waals surface area contributed by atoms with Gasteiger partial charge in [-0.25, -0.2) is 4.98 Å². The molecular formula is C27H28N4O2. The van der Waals surface area contributed by atoms with E-state index in [9.17, 15) is 9.90 Å². The first kappa shape index (κ1) is 21.4. The van der Waals surface area contributed by atoms with Crippen LogP contribution in [0.3, 0.4) is 0 Å². The van der Waals surface area contributed by atoms with Gasteiger partial charge in [0.15, 0.2) is 0 Å². The van der Waals surface area contributed by atoms with E-state index < -0.39 is 0 Å². The lowest BCUT2D eigenvalue weighted by Crippen LogP contribution is -2.32. The second-order valence-electron chi connectivity index (χ2n) is 8.83. The molecular weight excluding hydrogens is 412 g/mol. The first-order valence-electron chi connectivity index (χ1n) is 11.3. The van der Waals surface area contributed by atoms with Gasteiger partial charge < -0.3 is 15.0 Å². The van der Waals surface area contributed by atoms with Crippen LogP contribution in [0.15, 0.2) is 60.9 Å². The van der Waals surface area contributed by atoms with Crippen molar-refractivity contribution < 1.29 is 9.90 Å². The highest BCUT2D eigenvalue weighted by Gasteiger charge is 2.17. The first-order chi connectivity index (χ1) is 16.0. The maximum atomic E-state index is 12.2. The van der Waals surface area contributed by atoms with Gasteiger partial charge in [-0.15, -0.1) is 0 Å². The number of aromatic nitrogens is 2. The normalized spacial score (nSPS) is 13.8. The van der Waals surface area contributed by atoms with E-state index in [0.29, 0.717) is 5.56 Å². The van der Waals surface area contributed by atoms with Crippen LogP contribution >= 0.6 is 0 Å². The molecule has 0 spiro atoms. The van der Waals surface area contributed by atoms with Gasteiger partial charge in [0.2, 0.25) is 0 Å². The molecule has 1 aliphatic heterocycles. The largest absolute Gasteiger partial charge is 0.395 e. The Kier molecular flexibility index (Phi) is 5.70. The predicted octanol–water partition coefficient (Wildman–Crippen LogP) is 3.95. The fraction of sp³-hybridized carbons (Fsp3) is 0.259. The van der Waals surface area contributed by atoms with Crippen molar-refractivity contribution in [2.75, 3.05) is 33.8 Å². The molecule has 0 aliphatic carbocycles. The quantitative estimate of drug-likeness (QED) is 0.493. The predicted molar refractivity (Wildman–Crippen MR) is 131 cm³/mol. The van der Waals surface area contributed by atoms with Crippen molar-refractivity contribution in [2.45, 2.75) is 13.0 Å². The Hall–Kier alpha value is -3.48. The summed E-state index contributed by atoms with van der Waals surface area (Å²) in [5, 5.41) is 10.3. The third kappa shape index (κ3) is 4.15. The number of carbonyl (C=O) groups excluding carboxylic acids is 1. The minimum absolute atomic E-state index is 0.00341. The second kappa shape index (κ2) is 8.81. The Bertz CT molecular complexity index is 1310. The summed E-state index contributed by atoms with van der Waals surface area (Å²) in [4.78, 5) is 24.0. The van der Waals surface area contributed by atoms with Crippen molar-refractivity contribution in [2.24, 2.45) is 0 Å². The van der Waals surface area contributed by atoms with Gasteiger partial charge in [-0.2, -0.15) is 0 Å². The zero-order valence-electron chi connectivity index (χ0n) is 19.0. The molecule has 0 radical (unpaired) electrons. The highest BCUT2D eigenvalue weighted by molar-refractivity contribution is 5.98. The van der Waals surface area contributed by atoms with Crippen LogP contribution in [0.25, 0.3) is 33.3 Å². The third-order valence-corrected chi connectivity index (χ3v) is 6.43. The van der Waals surface area contributed by atoms with Gasteiger partial charge in [-0.1, -0.05) is 30.3 Å². The van der Waals surface area contributed by atoms with Crippen LogP contribution in [0.4, 0.5) is 0 Å². The molecule has 0 fully saturated rings. The molecule has 1 amide bonds. The van der Waals surface area contributed by atoms with E-state index in [4.69, 9.17) is 0 Å². The molecule has 33 heavy (non-hydrogen) atoms. The Morgan fingerprint density at radius 2 is 1.85 bits per heavy atom. The molecule has 0 unspecified atom stereocenters. The first-order valence-corrected chi connectivity index (χ1v) is 11.3. The van der Waals surface area contributed by atoms with E-state index in [1.165, 1.54) is 11.1 Å². The molecule has 0 saturated heterocycles. The van der Waals surface area contributed by atoms with Gasteiger partial charge in [-0.3, -0.25) is 9.69 Å². The maximum absolute atomic E-state index is 12.2. The summed E-state index contributed by atoms with van der Waals surface area (Å²) in [5.41, 5.74) is 8.60. The number of aliphatic hydroxyl groups is 1. The Morgan fingerprint density at radius 1 is 1.06 bits per heavy atom. The number of aromatic amines is 1. The summed E-state index contributed by atoms with van der Waals surface area (Å²) in [6.07, 6.45) is 4.89. The zero-order chi connectivity index (χ0) is 22.9. The fourth-order valence-corrected chi connectivity index (χ4v) is 4.57. The average molecular weight is 441 g/mol. The van der Waals surface area contributed by atoms with E-state index in [1.807, 2.05) is 36.7 Å². The Labute approximate surface area is 193 Å². The van der Waals surface area contributed by atoms with E-state index in [0.717, 1.165) is 59.3 Å². The number of β-amino-alcohol motifs (C(OH)–C–C–N with tert-alkyl or cyclic N) is 1. The van der Waals surface area contributed by atoms with Gasteiger partial charge >= 0.3 is 0 Å². The molecule has 5 rings (SSSR count). The number of H-pyrrole nitrogens is 1. The van der Waals surface area contributed by atoms with E-state index >= 15 is 0 Å². The fourth-order valence-electron chi connectivity index (χ4n) is 4.57. The van der Waals surface area contributed by atoms with Gasteiger partial charge in [0.25, 0.3) is 5.91 Å². The van der Waals surface area contributed by atoms with Gasteiger partial charge in [0.1, 0.15) is 5.65 Å². The van der Waals surface area contributed by atoms with Crippen LogP contribution in [0.1, 0.15) is 21.5 Å². The summed E-state index contributed by atoms with van der Waals surface area (Å²) in [7, 11) is 3.52. The van der Waals surface area contributed by atoms with Crippen molar-refractivity contribution in [3.63, 3.8) is 0 Å². The van der Waals surface area contributed by atoms with Crippen LogP contribution in [-0.4, -0.2) is 64.6 Å². The topological polar surface area (TPSA) is 72.5 Å². The number of aliphatic hydroxyl groups excluding tert-OH is 1. The van der Waals surface area contributed by atoms with Crippen LogP contribution in [0.2, 0.25) is 0 Å². The van der Waals surface area contributed by atoms with E-state index in [-0.39, 0.29) is 12.5 Å². The van der Waals surface area contributed by atoms with Gasteiger partial charge in [-0.05, 0) is 46.9 Å². The zero-order valence-corrected chi connectivity index (χ0v) is 19.0. The van der Waals surface area contributed by atoms with Crippen LogP contribution in [0.5, 0.6) is 0 Å². The number of nitrogens with one attached hydrogen (secondary N) is 1. The lowest BCUT2D eigenvalue weighted by molar-refractivity contribution is 0.0827. The molecule has 0 saturated carbocycles. The molecule has 1 aliphatic rings. The molecule has 0 bridgehead atoms. The average Bonchev–Trinajstić information content (AvgIpc) is 3.27. The molecule has 168 valence electrons. The monoisotopic (exact) mass is 440 g/mol. The van der Waals surface area contributed by atoms with Crippen molar-refractivity contribution in [1.29, 1.82) is 0 Å². The number of hydrogen-bond donors (Lipinski definition) is 2. The van der Waals surface area contributed by atoms with Crippen LogP contribution in [-0.2, 0) is 13.0 Å². The number of rotatable bonds is 5. The number of pyridine rings is 1. The number of benzene rings is 2. The Morgan fingerprint density at radius 3 is 2.61 bits per heavy atom. The SMILES string of the molecule is CN(C)C(=O)c1ccc(-c2c[nH]c3ncc(-c4ccc5c(c4)CCN(CCO)C5)cc23)cc1. The Balaban J connectivity index is 1.46. The van der Waals surface area contributed by atoms with Crippen LogP contribution in [0, 0.1) is 0 Å². The number of fused-ring (bicyclic) bond motifs is 2. The highest BCUT2D eigenvalue weighted by Crippen LogP contribution is 2.32. The van der Waals surface area contributed by atoms with Crippen molar-refractivity contribution in [3.8, 4) is 22.3 Å². The number of nitrogens with zero attached hydrogens (tertiary/aromatic N) is 3.